The number of benzene rings is 1. The van der Waals surface area contributed by atoms with Gasteiger partial charge in [0, 0.05) is 16.5 Å². The SMILES string of the molecule is C/C(=N/O)c1ccc(F)cc1OCc1nc(C)c(C)s1. The van der Waals surface area contributed by atoms with Gasteiger partial charge in [-0.1, -0.05) is 5.16 Å². The normalized spacial score (nSPS) is 11.7. The molecule has 0 spiro atoms. The van der Waals surface area contributed by atoms with Gasteiger partial charge in [0.1, 0.15) is 23.2 Å². The van der Waals surface area contributed by atoms with Crippen LogP contribution in [0.4, 0.5) is 4.39 Å². The summed E-state index contributed by atoms with van der Waals surface area (Å²) < 4.78 is 18.9. The molecule has 2 rings (SSSR count). The van der Waals surface area contributed by atoms with Gasteiger partial charge in [-0.3, -0.25) is 0 Å². The first-order valence-corrected chi connectivity index (χ1v) is 6.87. The highest BCUT2D eigenvalue weighted by Crippen LogP contribution is 2.24. The summed E-state index contributed by atoms with van der Waals surface area (Å²) in [6, 6.07) is 4.10. The highest BCUT2D eigenvalue weighted by Gasteiger charge is 2.11. The van der Waals surface area contributed by atoms with Crippen LogP contribution >= 0.6 is 11.3 Å². The molecule has 4 nitrogen and oxygen atoms in total. The summed E-state index contributed by atoms with van der Waals surface area (Å²) in [5.74, 6) is -0.0632. The predicted octanol–water partition coefficient (Wildman–Crippen LogP) is 3.68. The Balaban J connectivity index is 2.22. The third-order valence-corrected chi connectivity index (χ3v) is 3.95. The van der Waals surface area contributed by atoms with E-state index in [9.17, 15) is 4.39 Å². The van der Waals surface area contributed by atoms with Crippen molar-refractivity contribution in [3.8, 4) is 5.75 Å². The maximum atomic E-state index is 13.3. The second-order valence-electron chi connectivity index (χ2n) is 4.36. The zero-order valence-electron chi connectivity index (χ0n) is 11.5. The molecule has 0 fully saturated rings. The highest BCUT2D eigenvalue weighted by molar-refractivity contribution is 7.11. The third kappa shape index (κ3) is 3.14. The summed E-state index contributed by atoms with van der Waals surface area (Å²) in [4.78, 5) is 5.50. The first kappa shape index (κ1) is 14.5. The van der Waals surface area contributed by atoms with E-state index in [2.05, 4.69) is 10.1 Å². The Hall–Kier alpha value is -1.95. The molecule has 20 heavy (non-hydrogen) atoms. The molecule has 1 aromatic heterocycles. The number of hydrogen-bond acceptors (Lipinski definition) is 5. The Bertz CT molecular complexity index is 633. The van der Waals surface area contributed by atoms with E-state index in [4.69, 9.17) is 9.94 Å². The van der Waals surface area contributed by atoms with E-state index in [-0.39, 0.29) is 6.61 Å². The summed E-state index contributed by atoms with van der Waals surface area (Å²) in [5.41, 5.74) is 1.89. The molecule has 1 heterocycles. The maximum absolute atomic E-state index is 13.3. The fraction of sp³-hybridized carbons (Fsp3) is 0.286. The number of rotatable bonds is 4. The van der Waals surface area contributed by atoms with Gasteiger partial charge in [-0.05, 0) is 32.9 Å². The molecule has 2 aromatic rings. The zero-order chi connectivity index (χ0) is 14.7. The summed E-state index contributed by atoms with van der Waals surface area (Å²) in [7, 11) is 0. The molecule has 0 saturated carbocycles. The molecule has 0 aliphatic carbocycles. The Labute approximate surface area is 120 Å². The maximum Gasteiger partial charge on any atom is 0.140 e. The molecule has 0 unspecified atom stereocenters. The van der Waals surface area contributed by atoms with Gasteiger partial charge in [-0.2, -0.15) is 0 Å². The second-order valence-corrected chi connectivity index (χ2v) is 5.65. The van der Waals surface area contributed by atoms with Crippen molar-refractivity contribution in [2.24, 2.45) is 5.16 Å². The average molecular weight is 294 g/mol. The van der Waals surface area contributed by atoms with Crippen molar-refractivity contribution in [2.75, 3.05) is 0 Å². The topological polar surface area (TPSA) is 54.7 Å². The molecule has 6 heteroatoms. The van der Waals surface area contributed by atoms with Gasteiger partial charge in [0.25, 0.3) is 0 Å². The third-order valence-electron chi connectivity index (χ3n) is 2.91. The molecule has 0 aliphatic heterocycles. The monoisotopic (exact) mass is 294 g/mol. The van der Waals surface area contributed by atoms with Crippen molar-refractivity contribution in [1.82, 2.24) is 4.98 Å². The van der Waals surface area contributed by atoms with Gasteiger partial charge in [0.2, 0.25) is 0 Å². The minimum absolute atomic E-state index is 0.258. The Morgan fingerprint density at radius 3 is 2.80 bits per heavy atom. The number of hydrogen-bond donors (Lipinski definition) is 1. The van der Waals surface area contributed by atoms with Crippen LogP contribution in [0.5, 0.6) is 5.75 Å². The molecule has 0 radical (unpaired) electrons. The van der Waals surface area contributed by atoms with Crippen molar-refractivity contribution >= 4 is 17.0 Å². The molecule has 1 N–H and O–H groups in total. The van der Waals surface area contributed by atoms with Gasteiger partial charge in [-0.25, -0.2) is 9.37 Å². The van der Waals surface area contributed by atoms with E-state index in [1.165, 1.54) is 18.2 Å². The van der Waals surface area contributed by atoms with Crippen LogP contribution in [0.3, 0.4) is 0 Å². The van der Waals surface area contributed by atoms with Crippen LogP contribution < -0.4 is 4.74 Å². The van der Waals surface area contributed by atoms with Gasteiger partial charge >= 0.3 is 0 Å². The van der Waals surface area contributed by atoms with Crippen molar-refractivity contribution in [3.63, 3.8) is 0 Å². The van der Waals surface area contributed by atoms with E-state index in [1.807, 2.05) is 13.8 Å². The molecule has 0 amide bonds. The molecule has 0 bridgehead atoms. The minimum atomic E-state index is -0.402. The smallest absolute Gasteiger partial charge is 0.140 e. The van der Waals surface area contributed by atoms with Crippen LogP contribution in [0.2, 0.25) is 0 Å². The van der Waals surface area contributed by atoms with Crippen LogP contribution in [0.15, 0.2) is 23.4 Å². The van der Waals surface area contributed by atoms with Gasteiger partial charge in [-0.15, -0.1) is 11.3 Å². The molecule has 1 aromatic carbocycles. The largest absolute Gasteiger partial charge is 0.486 e. The lowest BCUT2D eigenvalue weighted by atomic mass is 10.1. The van der Waals surface area contributed by atoms with Crippen LogP contribution in [-0.2, 0) is 6.61 Å². The fourth-order valence-electron chi connectivity index (χ4n) is 1.71. The van der Waals surface area contributed by atoms with Crippen molar-refractivity contribution in [2.45, 2.75) is 27.4 Å². The van der Waals surface area contributed by atoms with Gasteiger partial charge in [0.05, 0.1) is 11.4 Å². The number of oxime groups is 1. The number of thiazole rings is 1. The van der Waals surface area contributed by atoms with Crippen LogP contribution in [0, 0.1) is 19.7 Å². The van der Waals surface area contributed by atoms with E-state index >= 15 is 0 Å². The predicted molar refractivity (Wildman–Crippen MR) is 76.3 cm³/mol. The van der Waals surface area contributed by atoms with Crippen molar-refractivity contribution < 1.29 is 14.3 Å². The lowest BCUT2D eigenvalue weighted by Crippen LogP contribution is -2.03. The van der Waals surface area contributed by atoms with Crippen molar-refractivity contribution in [3.05, 3.63) is 45.2 Å². The Morgan fingerprint density at radius 2 is 2.20 bits per heavy atom. The summed E-state index contributed by atoms with van der Waals surface area (Å²) in [6.45, 7) is 5.81. The number of nitrogens with zero attached hydrogens (tertiary/aromatic N) is 2. The highest BCUT2D eigenvalue weighted by atomic mass is 32.1. The Morgan fingerprint density at radius 1 is 1.45 bits per heavy atom. The van der Waals surface area contributed by atoms with E-state index in [0.717, 1.165) is 15.6 Å². The standard InChI is InChI=1S/C14H15FN2O2S/c1-8-10(3)20-14(16-8)7-19-13-6-11(15)4-5-12(13)9(2)17-18/h4-6,18H,7H2,1-3H3/b17-9-. The first-order valence-electron chi connectivity index (χ1n) is 6.05. The van der Waals surface area contributed by atoms with Gasteiger partial charge in [0.15, 0.2) is 0 Å². The number of aryl methyl sites for hydroxylation is 2. The van der Waals surface area contributed by atoms with Crippen LogP contribution in [0.25, 0.3) is 0 Å². The summed E-state index contributed by atoms with van der Waals surface area (Å²) in [6.07, 6.45) is 0. The van der Waals surface area contributed by atoms with E-state index < -0.39 is 5.82 Å². The number of aromatic nitrogens is 1. The van der Waals surface area contributed by atoms with Crippen LogP contribution in [-0.4, -0.2) is 15.9 Å². The molecular weight excluding hydrogens is 279 g/mol. The van der Waals surface area contributed by atoms with Crippen LogP contribution in [0.1, 0.15) is 28.1 Å². The quantitative estimate of drug-likeness (QED) is 0.531. The minimum Gasteiger partial charge on any atom is -0.486 e. The molecule has 0 atom stereocenters. The lowest BCUT2D eigenvalue weighted by Gasteiger charge is -2.09. The number of ether oxygens (including phenoxy) is 1. The average Bonchev–Trinajstić information content (AvgIpc) is 2.75. The second kappa shape index (κ2) is 6.00. The lowest BCUT2D eigenvalue weighted by molar-refractivity contribution is 0.301. The zero-order valence-corrected chi connectivity index (χ0v) is 12.3. The fourth-order valence-corrected chi connectivity index (χ4v) is 2.56. The van der Waals surface area contributed by atoms with E-state index in [1.54, 1.807) is 18.3 Å². The Kier molecular flexibility index (Phi) is 4.34. The molecule has 0 aliphatic rings. The van der Waals surface area contributed by atoms with Crippen molar-refractivity contribution in [1.29, 1.82) is 0 Å². The molecule has 0 saturated heterocycles. The van der Waals surface area contributed by atoms with E-state index in [0.29, 0.717) is 17.0 Å². The number of halogens is 1. The first-order chi connectivity index (χ1) is 9.51. The molecular formula is C14H15FN2O2S. The summed E-state index contributed by atoms with van der Waals surface area (Å²) in [5, 5.41) is 12.8. The summed E-state index contributed by atoms with van der Waals surface area (Å²) >= 11 is 1.55. The van der Waals surface area contributed by atoms with Gasteiger partial charge < -0.3 is 9.94 Å². The molecule has 106 valence electrons.